The van der Waals surface area contributed by atoms with E-state index in [1.54, 1.807) is 0 Å². The van der Waals surface area contributed by atoms with Crippen molar-refractivity contribution in [3.05, 3.63) is 0 Å². The minimum atomic E-state index is 0. The minimum Gasteiger partial charge on any atom is 0 e. The molecule has 0 spiro atoms. The average molecular weight is 178 g/mol. The quantitative estimate of drug-likeness (QED) is 0.372. The molecule has 0 saturated carbocycles. The van der Waals surface area contributed by atoms with Gasteiger partial charge in [0.25, 0.3) is 0 Å². The second kappa shape index (κ2) is 18.0. The van der Waals surface area contributed by atoms with Gasteiger partial charge in [0, 0.05) is 36.5 Å². The average Bonchev–Trinajstić information content (AvgIpc) is 0. The molecule has 4 heavy (non-hydrogen) atoms. The summed E-state index contributed by atoms with van der Waals surface area (Å²) < 4.78 is 0. The smallest absolute Gasteiger partial charge is 0 e. The molecule has 0 atom stereocenters. The van der Waals surface area contributed by atoms with Crippen LogP contribution in [0.15, 0.2) is 0 Å². The first kappa shape index (κ1) is 32.0. The van der Waals surface area contributed by atoms with E-state index < -0.39 is 0 Å². The molecule has 20 valence electrons. The van der Waals surface area contributed by atoms with Crippen LogP contribution in [0, 0.1) is 0 Å². The molecule has 0 radical (unpaired) electrons. The standard InChI is InChI=1S/Al.Fe.Mg.Zn.5H. The number of hydrogen-bond acceptors (Lipinski definition) is 0. The first-order valence-corrected chi connectivity index (χ1v) is 0. The molecule has 0 heterocycles. The van der Waals surface area contributed by atoms with Crippen molar-refractivity contribution in [2.45, 2.75) is 0 Å². The molecule has 0 fully saturated rings. The number of rotatable bonds is 0. The van der Waals surface area contributed by atoms with Crippen LogP contribution in [-0.4, -0.2) is 40.4 Å². The van der Waals surface area contributed by atoms with E-state index in [9.17, 15) is 0 Å². The van der Waals surface area contributed by atoms with Gasteiger partial charge in [-0.3, -0.25) is 0 Å². The van der Waals surface area contributed by atoms with Gasteiger partial charge in [-0.2, -0.15) is 0 Å². The Kier molecular flexibility index (Phi) is 144. The van der Waals surface area contributed by atoms with E-state index in [0.717, 1.165) is 0 Å². The summed E-state index contributed by atoms with van der Waals surface area (Å²) in [5.41, 5.74) is 0. The first-order valence-electron chi connectivity index (χ1n) is 0. The minimum absolute atomic E-state index is 0. The predicted molar refractivity (Wildman–Crippen MR) is 18.5 cm³/mol. The van der Waals surface area contributed by atoms with E-state index in [1.807, 2.05) is 0 Å². The Morgan fingerprint density at radius 1 is 1.00 bits per heavy atom. The molecular weight excluding hydrogens is 173 g/mol. The molecule has 0 unspecified atom stereocenters. The van der Waals surface area contributed by atoms with Crippen LogP contribution >= 0.6 is 0 Å². The predicted octanol–water partition coefficient (Wildman–Crippen LogP) is -2.11. The van der Waals surface area contributed by atoms with Crippen LogP contribution in [0.3, 0.4) is 0 Å². The van der Waals surface area contributed by atoms with Gasteiger partial charge in [0.1, 0.15) is 0 Å². The van der Waals surface area contributed by atoms with Crippen molar-refractivity contribution < 1.29 is 36.5 Å². The summed E-state index contributed by atoms with van der Waals surface area (Å²) in [5, 5.41) is 0. The summed E-state index contributed by atoms with van der Waals surface area (Å²) in [6.07, 6.45) is 0. The molecule has 0 aliphatic rings. The van der Waals surface area contributed by atoms with E-state index in [1.165, 1.54) is 0 Å². The molecular formula is H5AlFeMgZn. The van der Waals surface area contributed by atoms with Crippen molar-refractivity contribution in [1.82, 2.24) is 0 Å². The van der Waals surface area contributed by atoms with Gasteiger partial charge < -0.3 is 0 Å². The molecule has 0 aliphatic carbocycles. The Bertz CT molecular complexity index is 8.00. The van der Waals surface area contributed by atoms with Crippen molar-refractivity contribution in [3.63, 3.8) is 0 Å². The third-order valence-electron chi connectivity index (χ3n) is 0. The van der Waals surface area contributed by atoms with Gasteiger partial charge in [0.2, 0.25) is 0 Å². The van der Waals surface area contributed by atoms with Gasteiger partial charge in [-0.15, -0.1) is 0 Å². The normalized spacial score (nSPS) is 0. The summed E-state index contributed by atoms with van der Waals surface area (Å²) in [4.78, 5) is 0. The Balaban J connectivity index is 0. The molecule has 4 heteroatoms. The van der Waals surface area contributed by atoms with Crippen molar-refractivity contribution in [3.8, 4) is 0 Å². The first-order chi connectivity index (χ1) is 0. The van der Waals surface area contributed by atoms with Crippen molar-refractivity contribution in [2.75, 3.05) is 0 Å². The van der Waals surface area contributed by atoms with E-state index in [-0.39, 0.29) is 77.0 Å². The molecule has 0 aliphatic heterocycles. The van der Waals surface area contributed by atoms with Crippen LogP contribution in [0.5, 0.6) is 0 Å². The van der Waals surface area contributed by atoms with Crippen LogP contribution < -0.4 is 0 Å². The van der Waals surface area contributed by atoms with Crippen LogP contribution in [-0.2, 0) is 36.5 Å². The zero-order valence-electron chi connectivity index (χ0n) is 1.06. The van der Waals surface area contributed by atoms with Crippen LogP contribution in [0.25, 0.3) is 0 Å². The molecule has 0 amide bonds. The van der Waals surface area contributed by atoms with E-state index in [4.69, 9.17) is 0 Å². The fraction of sp³-hybridized carbons (Fsp3) is 0. The Morgan fingerprint density at radius 3 is 1.00 bits per heavy atom. The maximum atomic E-state index is 0. The van der Waals surface area contributed by atoms with Gasteiger partial charge in [-0.05, 0) is 0 Å². The molecule has 0 N–H and O–H groups in total. The third-order valence-corrected chi connectivity index (χ3v) is 0. The van der Waals surface area contributed by atoms with Crippen LogP contribution in [0.2, 0.25) is 0 Å². The fourth-order valence-corrected chi connectivity index (χ4v) is 0. The Morgan fingerprint density at radius 2 is 1.00 bits per heavy atom. The summed E-state index contributed by atoms with van der Waals surface area (Å²) in [5.74, 6) is 0. The van der Waals surface area contributed by atoms with Crippen molar-refractivity contribution in [2.24, 2.45) is 0 Å². The molecule has 0 rings (SSSR count). The molecule has 0 bridgehead atoms. The molecule has 0 saturated heterocycles. The fourth-order valence-electron chi connectivity index (χ4n) is 0. The van der Waals surface area contributed by atoms with Crippen LogP contribution in [0.1, 0.15) is 0 Å². The van der Waals surface area contributed by atoms with Crippen molar-refractivity contribution >= 4 is 40.4 Å². The second-order valence-electron chi connectivity index (χ2n) is 0. The topological polar surface area (TPSA) is 0 Å². The summed E-state index contributed by atoms with van der Waals surface area (Å²) in [6.45, 7) is 0. The van der Waals surface area contributed by atoms with Gasteiger partial charge in [-0.1, -0.05) is 0 Å². The van der Waals surface area contributed by atoms with Gasteiger partial charge in [0.15, 0.2) is 17.4 Å². The van der Waals surface area contributed by atoms with Gasteiger partial charge in [-0.25, -0.2) is 0 Å². The molecule has 0 aromatic rings. The largest absolute Gasteiger partial charge is 0.316 e. The summed E-state index contributed by atoms with van der Waals surface area (Å²) in [7, 11) is 0. The molecule has 0 aromatic carbocycles. The second-order valence-corrected chi connectivity index (χ2v) is 0. The zero-order valence-corrected chi connectivity index (χ0v) is 5.13. The summed E-state index contributed by atoms with van der Waals surface area (Å²) in [6, 6.07) is 0. The van der Waals surface area contributed by atoms with Crippen LogP contribution in [0.4, 0.5) is 0 Å². The monoisotopic (exact) mass is 176 g/mol. The van der Waals surface area contributed by atoms with Crippen molar-refractivity contribution in [1.29, 1.82) is 0 Å². The Labute approximate surface area is 76.0 Å². The van der Waals surface area contributed by atoms with E-state index >= 15 is 0 Å². The SMILES string of the molecule is [AlH3].[Fe].[MgH2].[Zn]. The number of hydrogen-bond donors (Lipinski definition) is 0. The maximum Gasteiger partial charge on any atom is 0.316 e. The molecule has 0 nitrogen and oxygen atoms in total. The van der Waals surface area contributed by atoms with E-state index in [0.29, 0.717) is 0 Å². The van der Waals surface area contributed by atoms with Gasteiger partial charge >= 0.3 is 23.1 Å². The third kappa shape index (κ3) is 8.82. The maximum absolute atomic E-state index is 0. The molecule has 0 aromatic heterocycles. The van der Waals surface area contributed by atoms with E-state index in [2.05, 4.69) is 0 Å². The van der Waals surface area contributed by atoms with Gasteiger partial charge in [0.05, 0.1) is 0 Å². The zero-order chi connectivity index (χ0) is 0. The summed E-state index contributed by atoms with van der Waals surface area (Å²) >= 11 is 0. The Hall–Kier alpha value is 2.44.